The van der Waals surface area contributed by atoms with E-state index in [1.54, 1.807) is 12.1 Å². The third-order valence-electron chi connectivity index (χ3n) is 8.66. The van der Waals surface area contributed by atoms with E-state index in [2.05, 4.69) is 91.5 Å². The fourth-order valence-corrected chi connectivity index (χ4v) is 7.13. The molecular weight excluding hydrogens is 697 g/mol. The van der Waals surface area contributed by atoms with Crippen molar-refractivity contribution >= 4 is 86.6 Å². The minimum Gasteiger partial charge on any atom is -0.478 e. The average molecular weight is 731 g/mol. The molecule has 7 rings (SSSR count). The molecule has 1 aliphatic heterocycles. The van der Waals surface area contributed by atoms with Gasteiger partial charge in [0.2, 0.25) is 0 Å². The largest absolute Gasteiger partial charge is 0.478 e. The van der Waals surface area contributed by atoms with E-state index in [1.807, 2.05) is 71.9 Å². The van der Waals surface area contributed by atoms with Crippen LogP contribution in [0.25, 0.3) is 6.08 Å². The predicted octanol–water partition coefficient (Wildman–Crippen LogP) is 11.0. The van der Waals surface area contributed by atoms with Crippen LogP contribution in [0.4, 0.5) is 34.1 Å². The fraction of sp³-hybridized carbons (Fsp3) is 0.0455. The van der Waals surface area contributed by atoms with E-state index in [9.17, 15) is 14.7 Å². The first-order valence-electron chi connectivity index (χ1n) is 16.9. The number of carbonyl (C=O) groups is 2. The van der Waals surface area contributed by atoms with Crippen molar-refractivity contribution < 1.29 is 14.7 Å². The second-order valence-electron chi connectivity index (χ2n) is 12.5. The van der Waals surface area contributed by atoms with Crippen molar-refractivity contribution in [2.45, 2.75) is 13.8 Å². The number of anilines is 6. The van der Waals surface area contributed by atoms with Crippen LogP contribution in [0.5, 0.6) is 0 Å². The number of carbonyl (C=O) groups excluding carboxylic acids is 1. The van der Waals surface area contributed by atoms with Gasteiger partial charge in [-0.3, -0.25) is 9.69 Å². The Balaban J connectivity index is 1.12. The highest BCUT2D eigenvalue weighted by molar-refractivity contribution is 8.27. The van der Waals surface area contributed by atoms with Crippen LogP contribution in [0.3, 0.4) is 0 Å². The summed E-state index contributed by atoms with van der Waals surface area (Å²) < 4.78 is 0.386. The Morgan fingerprint density at radius 2 is 1.15 bits per heavy atom. The second kappa shape index (κ2) is 15.5. The molecule has 53 heavy (non-hydrogen) atoms. The van der Waals surface area contributed by atoms with Crippen LogP contribution in [0.15, 0.2) is 162 Å². The molecule has 6 aromatic carbocycles. The second-order valence-corrected chi connectivity index (χ2v) is 14.1. The number of amides is 1. The number of thioether (sulfide) groups is 1. The number of benzene rings is 6. The summed E-state index contributed by atoms with van der Waals surface area (Å²) in [5.74, 6) is -1.29. The number of nitrogens with zero attached hydrogens (tertiary/aromatic N) is 4. The molecule has 0 bridgehead atoms. The van der Waals surface area contributed by atoms with Crippen molar-refractivity contribution in [3.8, 4) is 0 Å². The molecule has 0 radical (unpaired) electrons. The number of hydrazone groups is 1. The first-order valence-corrected chi connectivity index (χ1v) is 18.1. The van der Waals surface area contributed by atoms with Crippen LogP contribution < -0.4 is 14.8 Å². The highest BCUT2D eigenvalue weighted by Gasteiger charge is 2.33. The molecule has 0 saturated carbocycles. The maximum absolute atomic E-state index is 13.3. The number of rotatable bonds is 10. The molecule has 1 amide bonds. The minimum absolute atomic E-state index is 0.140. The molecule has 1 saturated heterocycles. The highest BCUT2D eigenvalue weighted by atomic mass is 32.2. The predicted molar refractivity (Wildman–Crippen MR) is 222 cm³/mol. The van der Waals surface area contributed by atoms with Gasteiger partial charge in [-0.25, -0.2) is 9.80 Å². The zero-order valence-electron chi connectivity index (χ0n) is 29.0. The number of aromatic carboxylic acids is 1. The van der Waals surface area contributed by atoms with E-state index in [0.29, 0.717) is 14.9 Å². The quantitative estimate of drug-likeness (QED) is 0.0651. The Labute approximate surface area is 318 Å². The van der Waals surface area contributed by atoms with Gasteiger partial charge in [0.1, 0.15) is 0 Å². The molecule has 6 aromatic rings. The number of carboxylic acids is 1. The zero-order chi connectivity index (χ0) is 36.9. The van der Waals surface area contributed by atoms with E-state index in [1.165, 1.54) is 39.9 Å². The van der Waals surface area contributed by atoms with Crippen LogP contribution in [-0.2, 0) is 4.79 Å². The van der Waals surface area contributed by atoms with Gasteiger partial charge in [0.05, 0.1) is 33.7 Å². The van der Waals surface area contributed by atoms with Gasteiger partial charge < -0.3 is 10.0 Å². The molecule has 1 aliphatic rings. The Hall–Kier alpha value is -6.29. The lowest BCUT2D eigenvalue weighted by Gasteiger charge is -2.26. The number of aryl methyl sites for hydroxylation is 2. The van der Waals surface area contributed by atoms with Crippen LogP contribution in [-0.4, -0.2) is 27.5 Å². The van der Waals surface area contributed by atoms with Gasteiger partial charge in [-0.15, -0.1) is 0 Å². The smallest absolute Gasteiger partial charge is 0.335 e. The monoisotopic (exact) mass is 730 g/mol. The summed E-state index contributed by atoms with van der Waals surface area (Å²) >= 11 is 6.73. The van der Waals surface area contributed by atoms with Crippen LogP contribution in [0.2, 0.25) is 0 Å². The number of hydrogen-bond donors (Lipinski definition) is 1. The molecule has 1 N–H and O–H groups in total. The summed E-state index contributed by atoms with van der Waals surface area (Å²) in [4.78, 5) is 28.8. The van der Waals surface area contributed by atoms with Crippen LogP contribution >= 0.6 is 24.0 Å². The first-order chi connectivity index (χ1) is 25.7. The maximum atomic E-state index is 13.3. The lowest BCUT2D eigenvalue weighted by molar-refractivity contribution is -0.113. The van der Waals surface area contributed by atoms with Crippen LogP contribution in [0.1, 0.15) is 32.6 Å². The normalized spacial score (nSPS) is 13.5. The van der Waals surface area contributed by atoms with Gasteiger partial charge >= 0.3 is 5.97 Å². The number of hydrogen-bond acceptors (Lipinski definition) is 7. The summed E-state index contributed by atoms with van der Waals surface area (Å²) in [6, 6.07) is 49.2. The third kappa shape index (κ3) is 7.97. The standard InChI is InChI=1S/C44H34N4O3S2/c1-30-8-18-35(19-9-30)46(36-20-10-31(2)11-21-36)37-22-14-33(15-23-37)29-45-48(39-6-4-3-5-7-39)40-24-12-32(13-25-40)28-41-42(49)47(44(52)53-41)38-26-16-34(17-27-38)43(50)51/h3-29H,1-2H3,(H,50,51)/b41-28-,45-29+. The fourth-order valence-electron chi connectivity index (χ4n) is 5.83. The van der Waals surface area contributed by atoms with Crippen molar-refractivity contribution in [2.75, 3.05) is 14.8 Å². The number of para-hydroxylation sites is 1. The van der Waals surface area contributed by atoms with E-state index in [0.717, 1.165) is 39.6 Å². The maximum Gasteiger partial charge on any atom is 0.335 e. The molecule has 0 aliphatic carbocycles. The average Bonchev–Trinajstić information content (AvgIpc) is 3.46. The number of thiocarbonyl (C=S) groups is 1. The van der Waals surface area contributed by atoms with Crippen molar-refractivity contribution in [3.63, 3.8) is 0 Å². The molecule has 7 nitrogen and oxygen atoms in total. The molecule has 0 unspecified atom stereocenters. The Bertz CT molecular complexity index is 2280. The Morgan fingerprint density at radius 3 is 1.70 bits per heavy atom. The molecule has 0 aromatic heterocycles. The zero-order valence-corrected chi connectivity index (χ0v) is 30.6. The van der Waals surface area contributed by atoms with Gasteiger partial charge in [-0.2, -0.15) is 5.10 Å². The molecule has 1 heterocycles. The lowest BCUT2D eigenvalue weighted by Crippen LogP contribution is -2.27. The van der Waals surface area contributed by atoms with E-state index in [4.69, 9.17) is 17.3 Å². The van der Waals surface area contributed by atoms with Crippen molar-refractivity contribution in [1.82, 2.24) is 0 Å². The summed E-state index contributed by atoms with van der Waals surface area (Å²) in [5, 5.41) is 16.0. The Morgan fingerprint density at radius 1 is 0.660 bits per heavy atom. The van der Waals surface area contributed by atoms with Gasteiger partial charge in [0, 0.05) is 17.1 Å². The van der Waals surface area contributed by atoms with E-state index in [-0.39, 0.29) is 11.5 Å². The topological polar surface area (TPSA) is 76.4 Å². The van der Waals surface area contributed by atoms with Gasteiger partial charge in [0.25, 0.3) is 5.91 Å². The molecule has 9 heteroatoms. The van der Waals surface area contributed by atoms with Gasteiger partial charge in [0.15, 0.2) is 4.32 Å². The summed E-state index contributed by atoms with van der Waals surface area (Å²) in [7, 11) is 0. The lowest BCUT2D eigenvalue weighted by atomic mass is 10.1. The number of carboxylic acid groups (broad SMARTS) is 1. The summed E-state index contributed by atoms with van der Waals surface area (Å²) in [5.41, 5.74) is 9.80. The van der Waals surface area contributed by atoms with Crippen molar-refractivity contribution in [2.24, 2.45) is 5.10 Å². The van der Waals surface area contributed by atoms with E-state index >= 15 is 0 Å². The van der Waals surface area contributed by atoms with Crippen LogP contribution in [0, 0.1) is 13.8 Å². The van der Waals surface area contributed by atoms with E-state index < -0.39 is 5.97 Å². The third-order valence-corrected chi connectivity index (χ3v) is 9.96. The molecule has 1 fully saturated rings. The molecular formula is C44H34N4O3S2. The first kappa shape index (κ1) is 35.1. The molecule has 0 spiro atoms. The minimum atomic E-state index is -1.03. The van der Waals surface area contributed by atoms with Gasteiger partial charge in [-0.1, -0.05) is 102 Å². The van der Waals surface area contributed by atoms with Crippen molar-refractivity contribution in [1.29, 1.82) is 0 Å². The summed E-state index contributed by atoms with van der Waals surface area (Å²) in [6.07, 6.45) is 3.66. The van der Waals surface area contributed by atoms with Gasteiger partial charge in [-0.05, 0) is 116 Å². The Kier molecular flexibility index (Phi) is 10.3. The highest BCUT2D eigenvalue weighted by Crippen LogP contribution is 2.37. The molecule has 260 valence electrons. The SMILES string of the molecule is Cc1ccc(N(c2ccc(C)cc2)c2ccc(/C=N/N(c3ccccc3)c3ccc(/C=C4\SC(=S)N(c5ccc(C(=O)O)cc5)C4=O)cc3)cc2)cc1. The van der Waals surface area contributed by atoms with Crippen molar-refractivity contribution in [3.05, 3.63) is 184 Å². The molecule has 0 atom stereocenters. The summed E-state index contributed by atoms with van der Waals surface area (Å²) in [6.45, 7) is 4.18.